The molecule has 1 fully saturated rings. The number of hydrogen-bond acceptors (Lipinski definition) is 3. The zero-order chi connectivity index (χ0) is 7.56. The van der Waals surface area contributed by atoms with Gasteiger partial charge in [-0.1, -0.05) is 0 Å². The molecule has 10 heavy (non-hydrogen) atoms. The summed E-state index contributed by atoms with van der Waals surface area (Å²) in [5.41, 5.74) is 5.45. The van der Waals surface area contributed by atoms with Crippen LogP contribution < -0.4 is 5.73 Å². The Kier molecular flexibility index (Phi) is 2.56. The number of rotatable bonds is 1. The summed E-state index contributed by atoms with van der Waals surface area (Å²) in [7, 11) is 1.82. The topological polar surface area (TPSA) is 46.3 Å². The molecule has 1 amide bonds. The summed E-state index contributed by atoms with van der Waals surface area (Å²) >= 11 is 1.66. The Morgan fingerprint density at radius 2 is 2.60 bits per heavy atom. The highest BCUT2D eigenvalue weighted by Gasteiger charge is 2.21. The maximum atomic E-state index is 10.9. The van der Waals surface area contributed by atoms with E-state index >= 15 is 0 Å². The number of nitrogens with two attached hydrogens (primary N) is 1. The van der Waals surface area contributed by atoms with Crippen molar-refractivity contribution < 1.29 is 4.79 Å². The van der Waals surface area contributed by atoms with E-state index in [9.17, 15) is 4.79 Å². The second-order valence-electron chi connectivity index (χ2n) is 2.44. The number of hydrogen-bond donors (Lipinski definition) is 1. The van der Waals surface area contributed by atoms with Crippen LogP contribution in [0, 0.1) is 0 Å². The lowest BCUT2D eigenvalue weighted by atomic mass is 10.4. The monoisotopic (exact) mass is 160 g/mol. The van der Waals surface area contributed by atoms with Crippen molar-refractivity contribution in [2.75, 3.05) is 25.9 Å². The third kappa shape index (κ3) is 1.64. The molecule has 1 rings (SSSR count). The Balaban J connectivity index is 2.40. The van der Waals surface area contributed by atoms with Crippen molar-refractivity contribution >= 4 is 17.7 Å². The standard InChI is InChI=1S/C6H12N2OS/c1-8-3-5(2-7)10-4-6(8)9/h5H,2-4,7H2,1H3. The van der Waals surface area contributed by atoms with Crippen LogP contribution in [0.2, 0.25) is 0 Å². The predicted octanol–water partition coefficient (Wildman–Crippen LogP) is -0.481. The van der Waals surface area contributed by atoms with Crippen LogP contribution >= 0.6 is 11.8 Å². The minimum Gasteiger partial charge on any atom is -0.344 e. The minimum atomic E-state index is 0.217. The molecule has 2 N–H and O–H groups in total. The molecule has 0 spiro atoms. The van der Waals surface area contributed by atoms with Crippen LogP contribution in [0.1, 0.15) is 0 Å². The molecule has 1 unspecified atom stereocenters. The SMILES string of the molecule is CN1CC(CN)SCC1=O. The lowest BCUT2D eigenvalue weighted by Crippen LogP contribution is -2.42. The lowest BCUT2D eigenvalue weighted by molar-refractivity contribution is -0.127. The van der Waals surface area contributed by atoms with Gasteiger partial charge in [-0.3, -0.25) is 4.79 Å². The average molecular weight is 160 g/mol. The molecule has 1 heterocycles. The summed E-state index contributed by atoms with van der Waals surface area (Å²) in [6, 6.07) is 0. The van der Waals surface area contributed by atoms with Crippen molar-refractivity contribution in [3.05, 3.63) is 0 Å². The number of carbonyl (C=O) groups is 1. The average Bonchev–Trinajstić information content (AvgIpc) is 1.95. The summed E-state index contributed by atoms with van der Waals surface area (Å²) in [6.45, 7) is 1.47. The van der Waals surface area contributed by atoms with Gasteiger partial charge in [-0.25, -0.2) is 0 Å². The molecule has 0 saturated carbocycles. The Bertz CT molecular complexity index is 140. The summed E-state index contributed by atoms with van der Waals surface area (Å²) in [5.74, 6) is 0.813. The molecule has 1 saturated heterocycles. The lowest BCUT2D eigenvalue weighted by Gasteiger charge is -2.28. The molecule has 0 aromatic carbocycles. The van der Waals surface area contributed by atoms with E-state index in [-0.39, 0.29) is 5.91 Å². The van der Waals surface area contributed by atoms with E-state index in [1.165, 1.54) is 0 Å². The molecule has 1 aliphatic rings. The van der Waals surface area contributed by atoms with Gasteiger partial charge in [0, 0.05) is 25.4 Å². The molecule has 0 bridgehead atoms. The first-order chi connectivity index (χ1) is 4.74. The second kappa shape index (κ2) is 3.25. The van der Waals surface area contributed by atoms with E-state index in [0.29, 0.717) is 17.5 Å². The van der Waals surface area contributed by atoms with Crippen LogP contribution in [-0.4, -0.2) is 41.9 Å². The van der Waals surface area contributed by atoms with Gasteiger partial charge < -0.3 is 10.6 Å². The van der Waals surface area contributed by atoms with E-state index in [1.807, 2.05) is 7.05 Å². The Morgan fingerprint density at radius 3 is 3.10 bits per heavy atom. The van der Waals surface area contributed by atoms with Gasteiger partial charge in [0.2, 0.25) is 5.91 Å². The molecular formula is C6H12N2OS. The summed E-state index contributed by atoms with van der Waals surface area (Å²) in [6.07, 6.45) is 0. The van der Waals surface area contributed by atoms with E-state index in [0.717, 1.165) is 6.54 Å². The zero-order valence-electron chi connectivity index (χ0n) is 6.04. The van der Waals surface area contributed by atoms with Gasteiger partial charge in [-0.15, -0.1) is 11.8 Å². The molecule has 0 aromatic rings. The Labute approximate surface area is 64.9 Å². The molecule has 0 aromatic heterocycles. The van der Waals surface area contributed by atoms with Gasteiger partial charge in [-0.05, 0) is 0 Å². The third-order valence-electron chi connectivity index (χ3n) is 1.61. The van der Waals surface area contributed by atoms with Crippen LogP contribution in [0.3, 0.4) is 0 Å². The van der Waals surface area contributed by atoms with Crippen molar-refractivity contribution in [1.29, 1.82) is 0 Å². The number of nitrogens with zero attached hydrogens (tertiary/aromatic N) is 1. The van der Waals surface area contributed by atoms with Crippen molar-refractivity contribution in [3.8, 4) is 0 Å². The summed E-state index contributed by atoms with van der Waals surface area (Å²) in [4.78, 5) is 12.7. The van der Waals surface area contributed by atoms with Crippen molar-refractivity contribution in [2.24, 2.45) is 5.73 Å². The predicted molar refractivity (Wildman–Crippen MR) is 42.9 cm³/mol. The fourth-order valence-corrected chi connectivity index (χ4v) is 1.97. The van der Waals surface area contributed by atoms with Gasteiger partial charge in [0.1, 0.15) is 0 Å². The highest BCUT2D eigenvalue weighted by molar-refractivity contribution is 8.00. The quantitative estimate of drug-likeness (QED) is 0.563. The van der Waals surface area contributed by atoms with E-state index in [1.54, 1.807) is 16.7 Å². The van der Waals surface area contributed by atoms with Crippen molar-refractivity contribution in [2.45, 2.75) is 5.25 Å². The molecule has 4 heteroatoms. The van der Waals surface area contributed by atoms with Crippen molar-refractivity contribution in [3.63, 3.8) is 0 Å². The zero-order valence-corrected chi connectivity index (χ0v) is 6.86. The van der Waals surface area contributed by atoms with Gasteiger partial charge in [0.15, 0.2) is 0 Å². The molecule has 0 radical (unpaired) electrons. The normalized spacial score (nSPS) is 27.2. The first-order valence-electron chi connectivity index (χ1n) is 3.29. The minimum absolute atomic E-state index is 0.217. The van der Waals surface area contributed by atoms with Crippen LogP contribution in [0.5, 0.6) is 0 Å². The van der Waals surface area contributed by atoms with Gasteiger partial charge in [0.25, 0.3) is 0 Å². The van der Waals surface area contributed by atoms with Gasteiger partial charge in [-0.2, -0.15) is 0 Å². The maximum absolute atomic E-state index is 10.9. The van der Waals surface area contributed by atoms with E-state index in [2.05, 4.69) is 0 Å². The first-order valence-corrected chi connectivity index (χ1v) is 4.34. The van der Waals surface area contributed by atoms with Gasteiger partial charge >= 0.3 is 0 Å². The maximum Gasteiger partial charge on any atom is 0.232 e. The number of thioether (sulfide) groups is 1. The third-order valence-corrected chi connectivity index (χ3v) is 2.84. The van der Waals surface area contributed by atoms with E-state index in [4.69, 9.17) is 5.73 Å². The fraction of sp³-hybridized carbons (Fsp3) is 0.833. The van der Waals surface area contributed by atoms with Crippen LogP contribution in [0.25, 0.3) is 0 Å². The molecule has 0 aliphatic carbocycles. The van der Waals surface area contributed by atoms with Crippen LogP contribution in [-0.2, 0) is 4.79 Å². The molecule has 3 nitrogen and oxygen atoms in total. The fourth-order valence-electron chi connectivity index (χ4n) is 0.902. The molecular weight excluding hydrogens is 148 g/mol. The number of amides is 1. The smallest absolute Gasteiger partial charge is 0.232 e. The van der Waals surface area contributed by atoms with E-state index < -0.39 is 0 Å². The van der Waals surface area contributed by atoms with Crippen LogP contribution in [0.4, 0.5) is 0 Å². The summed E-state index contributed by atoms with van der Waals surface area (Å²) in [5, 5.41) is 0.447. The largest absolute Gasteiger partial charge is 0.344 e. The highest BCUT2D eigenvalue weighted by atomic mass is 32.2. The summed E-state index contributed by atoms with van der Waals surface area (Å²) < 4.78 is 0. The molecule has 58 valence electrons. The van der Waals surface area contributed by atoms with Crippen LogP contribution in [0.15, 0.2) is 0 Å². The van der Waals surface area contributed by atoms with Gasteiger partial charge in [0.05, 0.1) is 5.75 Å². The second-order valence-corrected chi connectivity index (χ2v) is 3.73. The Hall–Kier alpha value is -0.220. The molecule has 1 atom stereocenters. The highest BCUT2D eigenvalue weighted by Crippen LogP contribution is 2.16. The molecule has 1 aliphatic heterocycles. The van der Waals surface area contributed by atoms with Crippen molar-refractivity contribution in [1.82, 2.24) is 4.90 Å². The first kappa shape index (κ1) is 7.88. The number of carbonyl (C=O) groups excluding carboxylic acids is 1. The Morgan fingerprint density at radius 1 is 1.90 bits per heavy atom.